The molecule has 0 bridgehead atoms. The molecule has 0 aliphatic heterocycles. The fourth-order valence-corrected chi connectivity index (χ4v) is 2.73. The van der Waals surface area contributed by atoms with Crippen molar-refractivity contribution in [3.8, 4) is 17.2 Å². The number of nitrogens with one attached hydrogen (secondary N) is 1. The van der Waals surface area contributed by atoms with Crippen molar-refractivity contribution in [1.82, 2.24) is 4.90 Å². The molecule has 0 fully saturated rings. The zero-order valence-corrected chi connectivity index (χ0v) is 16.5. The Morgan fingerprint density at radius 2 is 1.85 bits per heavy atom. The molecular weight excluding hydrogens is 344 g/mol. The monoisotopic (exact) mass is 372 g/mol. The minimum atomic E-state index is -0.0667. The van der Waals surface area contributed by atoms with Crippen molar-refractivity contribution < 1.29 is 19.0 Å². The maximum Gasteiger partial charge on any atom is 0.238 e. The molecule has 27 heavy (non-hydrogen) atoms. The van der Waals surface area contributed by atoms with Crippen LogP contribution in [0.3, 0.4) is 0 Å². The summed E-state index contributed by atoms with van der Waals surface area (Å²) in [4.78, 5) is 14.5. The Morgan fingerprint density at radius 1 is 1.04 bits per heavy atom. The number of hydrogen-bond donors (Lipinski definition) is 1. The number of methoxy groups -OCH3 is 2. The normalized spacial score (nSPS) is 10.6. The highest BCUT2D eigenvalue weighted by molar-refractivity contribution is 5.92. The maximum absolute atomic E-state index is 12.4. The fourth-order valence-electron chi connectivity index (χ4n) is 2.73. The second-order valence-corrected chi connectivity index (χ2v) is 6.00. The van der Waals surface area contributed by atoms with E-state index in [9.17, 15) is 4.79 Å². The Kier molecular flexibility index (Phi) is 7.95. The second kappa shape index (κ2) is 10.4. The molecular formula is C21H28N2O4. The number of carbonyl (C=O) groups is 1. The number of benzene rings is 2. The van der Waals surface area contributed by atoms with E-state index in [2.05, 4.69) is 10.2 Å². The summed E-state index contributed by atoms with van der Waals surface area (Å²) < 4.78 is 16.1. The first kappa shape index (κ1) is 20.6. The van der Waals surface area contributed by atoms with Gasteiger partial charge in [0.15, 0.2) is 11.5 Å². The van der Waals surface area contributed by atoms with E-state index in [1.165, 1.54) is 0 Å². The summed E-state index contributed by atoms with van der Waals surface area (Å²) in [6.45, 7) is 6.24. The first-order valence-electron chi connectivity index (χ1n) is 9.05. The van der Waals surface area contributed by atoms with Crippen molar-refractivity contribution in [2.75, 3.05) is 39.2 Å². The van der Waals surface area contributed by atoms with E-state index in [0.29, 0.717) is 31.2 Å². The van der Waals surface area contributed by atoms with Crippen LogP contribution in [0.5, 0.6) is 17.2 Å². The number of hydrogen-bond acceptors (Lipinski definition) is 5. The van der Waals surface area contributed by atoms with Gasteiger partial charge in [-0.25, -0.2) is 0 Å². The van der Waals surface area contributed by atoms with Crippen LogP contribution in [0.25, 0.3) is 0 Å². The van der Waals surface area contributed by atoms with Gasteiger partial charge in [0.05, 0.1) is 27.4 Å². The van der Waals surface area contributed by atoms with Gasteiger partial charge in [-0.3, -0.25) is 9.69 Å². The van der Waals surface area contributed by atoms with Crippen molar-refractivity contribution in [3.05, 3.63) is 48.0 Å². The molecule has 6 nitrogen and oxygen atoms in total. The largest absolute Gasteiger partial charge is 0.497 e. The van der Waals surface area contributed by atoms with Crippen LogP contribution in [0, 0.1) is 0 Å². The predicted molar refractivity (Wildman–Crippen MR) is 107 cm³/mol. The molecule has 0 atom stereocenters. The van der Waals surface area contributed by atoms with E-state index < -0.39 is 0 Å². The minimum Gasteiger partial charge on any atom is -0.497 e. The van der Waals surface area contributed by atoms with Crippen molar-refractivity contribution in [2.24, 2.45) is 0 Å². The van der Waals surface area contributed by atoms with Crippen LogP contribution in [0.4, 0.5) is 5.69 Å². The number of anilines is 1. The lowest BCUT2D eigenvalue weighted by Crippen LogP contribution is -2.32. The highest BCUT2D eigenvalue weighted by Crippen LogP contribution is 2.28. The topological polar surface area (TPSA) is 60.0 Å². The molecule has 0 saturated heterocycles. The zero-order chi connectivity index (χ0) is 19.6. The lowest BCUT2D eigenvalue weighted by atomic mass is 10.2. The molecule has 0 aliphatic carbocycles. The van der Waals surface area contributed by atoms with E-state index in [1.807, 2.05) is 50.2 Å². The molecule has 0 aromatic heterocycles. The summed E-state index contributed by atoms with van der Waals surface area (Å²) in [5, 5.41) is 2.91. The summed E-state index contributed by atoms with van der Waals surface area (Å²) in [5.74, 6) is 2.07. The molecule has 0 heterocycles. The Morgan fingerprint density at radius 3 is 2.52 bits per heavy atom. The van der Waals surface area contributed by atoms with Gasteiger partial charge in [-0.05, 0) is 43.3 Å². The SMILES string of the molecule is CCOc1ccc(CN(CC)CC(=O)Nc2cccc(OC)c2)cc1OC. The third kappa shape index (κ3) is 6.18. The standard InChI is InChI=1S/C21H28N2O4/c1-5-23(14-16-10-11-19(27-6-2)20(12-16)26-4)15-21(24)22-17-8-7-9-18(13-17)25-3/h7-13H,5-6,14-15H2,1-4H3,(H,22,24). The van der Waals surface area contributed by atoms with Crippen molar-refractivity contribution in [2.45, 2.75) is 20.4 Å². The van der Waals surface area contributed by atoms with Crippen LogP contribution in [-0.4, -0.2) is 44.7 Å². The van der Waals surface area contributed by atoms with Crippen LogP contribution < -0.4 is 19.5 Å². The Bertz CT molecular complexity index is 749. The average molecular weight is 372 g/mol. The van der Waals surface area contributed by atoms with Gasteiger partial charge in [-0.15, -0.1) is 0 Å². The summed E-state index contributed by atoms with van der Waals surface area (Å²) in [6, 6.07) is 13.2. The lowest BCUT2D eigenvalue weighted by molar-refractivity contribution is -0.117. The van der Waals surface area contributed by atoms with Gasteiger partial charge in [0.2, 0.25) is 5.91 Å². The summed E-state index contributed by atoms with van der Waals surface area (Å²) in [7, 11) is 3.23. The molecule has 2 aromatic rings. The smallest absolute Gasteiger partial charge is 0.238 e. The molecule has 0 saturated carbocycles. The number of nitrogens with zero attached hydrogens (tertiary/aromatic N) is 1. The summed E-state index contributed by atoms with van der Waals surface area (Å²) >= 11 is 0. The van der Waals surface area contributed by atoms with Crippen molar-refractivity contribution in [1.29, 1.82) is 0 Å². The van der Waals surface area contributed by atoms with Crippen molar-refractivity contribution in [3.63, 3.8) is 0 Å². The molecule has 0 radical (unpaired) electrons. The predicted octanol–water partition coefficient (Wildman–Crippen LogP) is 3.56. The van der Waals surface area contributed by atoms with Crippen LogP contribution in [0.2, 0.25) is 0 Å². The molecule has 2 aromatic carbocycles. The third-order valence-corrected chi connectivity index (χ3v) is 4.10. The van der Waals surface area contributed by atoms with Crippen LogP contribution in [0.1, 0.15) is 19.4 Å². The number of carbonyl (C=O) groups excluding carboxylic acids is 1. The summed E-state index contributed by atoms with van der Waals surface area (Å²) in [5.41, 5.74) is 1.78. The number of rotatable bonds is 10. The lowest BCUT2D eigenvalue weighted by Gasteiger charge is -2.21. The highest BCUT2D eigenvalue weighted by atomic mass is 16.5. The van der Waals surface area contributed by atoms with E-state index in [-0.39, 0.29) is 5.91 Å². The van der Waals surface area contributed by atoms with Gasteiger partial charge in [-0.2, -0.15) is 0 Å². The van der Waals surface area contributed by atoms with Gasteiger partial charge in [0.1, 0.15) is 5.75 Å². The molecule has 1 amide bonds. The molecule has 146 valence electrons. The van der Waals surface area contributed by atoms with Crippen LogP contribution in [-0.2, 0) is 11.3 Å². The van der Waals surface area contributed by atoms with E-state index in [4.69, 9.17) is 14.2 Å². The van der Waals surface area contributed by atoms with E-state index in [0.717, 1.165) is 23.5 Å². The first-order valence-corrected chi connectivity index (χ1v) is 9.05. The Hall–Kier alpha value is -2.73. The van der Waals surface area contributed by atoms with Crippen LogP contribution >= 0.6 is 0 Å². The van der Waals surface area contributed by atoms with E-state index in [1.54, 1.807) is 20.3 Å². The quantitative estimate of drug-likeness (QED) is 0.691. The molecule has 2 rings (SSSR count). The van der Waals surface area contributed by atoms with Gasteiger partial charge in [0, 0.05) is 18.3 Å². The second-order valence-electron chi connectivity index (χ2n) is 6.00. The van der Waals surface area contributed by atoms with Gasteiger partial charge >= 0.3 is 0 Å². The van der Waals surface area contributed by atoms with Gasteiger partial charge in [0.25, 0.3) is 0 Å². The number of likely N-dealkylation sites (N-methyl/N-ethyl adjacent to an activating group) is 1. The average Bonchev–Trinajstić information content (AvgIpc) is 2.68. The molecule has 0 spiro atoms. The van der Waals surface area contributed by atoms with Gasteiger partial charge < -0.3 is 19.5 Å². The summed E-state index contributed by atoms with van der Waals surface area (Å²) in [6.07, 6.45) is 0. The number of ether oxygens (including phenoxy) is 3. The minimum absolute atomic E-state index is 0.0667. The van der Waals surface area contributed by atoms with Crippen LogP contribution in [0.15, 0.2) is 42.5 Å². The highest BCUT2D eigenvalue weighted by Gasteiger charge is 2.12. The first-order chi connectivity index (χ1) is 13.1. The maximum atomic E-state index is 12.4. The zero-order valence-electron chi connectivity index (χ0n) is 16.5. The Balaban J connectivity index is 1.99. The van der Waals surface area contributed by atoms with Gasteiger partial charge in [-0.1, -0.05) is 19.1 Å². The molecule has 0 unspecified atom stereocenters. The number of amides is 1. The van der Waals surface area contributed by atoms with E-state index >= 15 is 0 Å². The molecule has 6 heteroatoms. The fraction of sp³-hybridized carbons (Fsp3) is 0.381. The Labute approximate surface area is 161 Å². The van der Waals surface area contributed by atoms with Crippen molar-refractivity contribution >= 4 is 11.6 Å². The third-order valence-electron chi connectivity index (χ3n) is 4.10. The molecule has 0 aliphatic rings. The molecule has 1 N–H and O–H groups in total.